The second kappa shape index (κ2) is 8.14. The lowest BCUT2D eigenvalue weighted by Crippen LogP contribution is -2.40. The molecule has 24 heavy (non-hydrogen) atoms. The molecule has 0 bridgehead atoms. The zero-order chi connectivity index (χ0) is 18.5. The number of para-hydroxylation sites is 1. The summed E-state index contributed by atoms with van der Waals surface area (Å²) in [5.41, 5.74) is -0.843. The van der Waals surface area contributed by atoms with Crippen molar-refractivity contribution < 1.29 is 28.1 Å². The van der Waals surface area contributed by atoms with Crippen molar-refractivity contribution in [3.05, 3.63) is 24.3 Å². The lowest BCUT2D eigenvalue weighted by Gasteiger charge is -2.25. The third-order valence-electron chi connectivity index (χ3n) is 2.59. The molecule has 1 aromatic carbocycles. The van der Waals surface area contributed by atoms with Crippen LogP contribution in [0.2, 0.25) is 0 Å². The second-order valence-electron chi connectivity index (χ2n) is 6.20. The summed E-state index contributed by atoms with van der Waals surface area (Å²) in [5.74, 6) is -0.918. The smallest absolute Gasteiger partial charge is 0.457 e. The Balaban J connectivity index is 3.18. The Kier molecular flexibility index (Phi) is 6.77. The molecule has 0 aliphatic carbocycles. The molecule has 7 nitrogen and oxygen atoms in total. The van der Waals surface area contributed by atoms with Gasteiger partial charge in [-0.2, -0.15) is 0 Å². The van der Waals surface area contributed by atoms with Crippen LogP contribution in [0, 0.1) is 5.92 Å². The fourth-order valence-corrected chi connectivity index (χ4v) is 2.49. The number of methoxy groups -OCH3 is 1. The van der Waals surface area contributed by atoms with Crippen molar-refractivity contribution in [1.29, 1.82) is 0 Å². The average Bonchev–Trinajstić information content (AvgIpc) is 2.49. The van der Waals surface area contributed by atoms with Gasteiger partial charge in [0.2, 0.25) is 0 Å². The molecule has 0 aliphatic rings. The normalized spacial score (nSPS) is 12.5. The summed E-state index contributed by atoms with van der Waals surface area (Å²) >= 11 is 0. The van der Waals surface area contributed by atoms with Crippen LogP contribution in [0.25, 0.3) is 0 Å². The van der Waals surface area contributed by atoms with Crippen LogP contribution in [0.5, 0.6) is 5.75 Å². The van der Waals surface area contributed by atoms with Crippen molar-refractivity contribution in [2.24, 2.45) is 5.92 Å². The maximum absolute atomic E-state index is 12.8. The number of carbonyl (C=O) groups excluding carboxylic acids is 2. The van der Waals surface area contributed by atoms with E-state index in [1.807, 2.05) is 0 Å². The number of ether oxygens (including phenoxy) is 2. The summed E-state index contributed by atoms with van der Waals surface area (Å²) in [6.07, 6.45) is -1.03. The van der Waals surface area contributed by atoms with Gasteiger partial charge in [0.15, 0.2) is 11.0 Å². The highest BCUT2D eigenvalue weighted by atomic mass is 32.2. The number of carbonyl (C=O) groups is 2. The van der Waals surface area contributed by atoms with Gasteiger partial charge < -0.3 is 14.3 Å². The van der Waals surface area contributed by atoms with Crippen LogP contribution >= 0.6 is 0 Å². The molecule has 0 spiro atoms. The van der Waals surface area contributed by atoms with E-state index >= 15 is 0 Å². The van der Waals surface area contributed by atoms with Crippen molar-refractivity contribution in [2.75, 3.05) is 7.11 Å². The van der Waals surface area contributed by atoms with Gasteiger partial charge in [-0.05, 0) is 37.4 Å². The zero-order valence-electron chi connectivity index (χ0n) is 14.7. The van der Waals surface area contributed by atoms with Crippen molar-refractivity contribution in [2.45, 2.75) is 45.1 Å². The van der Waals surface area contributed by atoms with Gasteiger partial charge in [0.25, 0.3) is 0 Å². The van der Waals surface area contributed by atoms with Gasteiger partial charge in [-0.15, -0.1) is 0 Å². The molecule has 0 aliphatic heterocycles. The molecule has 134 valence electrons. The predicted octanol–water partition coefficient (Wildman–Crippen LogP) is 3.07. The lowest BCUT2D eigenvalue weighted by molar-refractivity contribution is -0.170. The first-order valence-electron chi connectivity index (χ1n) is 7.36. The molecule has 0 heterocycles. The van der Waals surface area contributed by atoms with Crippen LogP contribution in [0.4, 0.5) is 4.79 Å². The number of hydroxylamine groups is 1. The third-order valence-corrected chi connectivity index (χ3v) is 3.83. The SMILES string of the molecule is COc1ccccc1S(=O)N(OC(=O)C(C)C)C(=O)OC(C)(C)C. The van der Waals surface area contributed by atoms with Crippen LogP contribution in [-0.4, -0.2) is 33.5 Å². The van der Waals surface area contributed by atoms with Gasteiger partial charge in [-0.25, -0.2) is 13.8 Å². The number of hydrogen-bond donors (Lipinski definition) is 0. The molecule has 0 fully saturated rings. The highest BCUT2D eigenvalue weighted by Gasteiger charge is 2.33. The van der Waals surface area contributed by atoms with E-state index in [0.29, 0.717) is 10.2 Å². The first kappa shape index (κ1) is 20.0. The molecule has 1 atom stereocenters. The summed E-state index contributed by atoms with van der Waals surface area (Å²) in [5, 5.41) is 0. The Morgan fingerprint density at radius 2 is 1.75 bits per heavy atom. The van der Waals surface area contributed by atoms with Gasteiger partial charge in [0, 0.05) is 0 Å². The summed E-state index contributed by atoms with van der Waals surface area (Å²) in [6, 6.07) is 6.42. The molecule has 0 radical (unpaired) electrons. The topological polar surface area (TPSA) is 82.1 Å². The van der Waals surface area contributed by atoms with E-state index in [-0.39, 0.29) is 4.90 Å². The van der Waals surface area contributed by atoms with Crippen molar-refractivity contribution in [3.8, 4) is 5.75 Å². The van der Waals surface area contributed by atoms with E-state index in [1.165, 1.54) is 13.2 Å². The van der Waals surface area contributed by atoms with Crippen molar-refractivity contribution in [1.82, 2.24) is 4.47 Å². The fraction of sp³-hybridized carbons (Fsp3) is 0.500. The molecule has 1 unspecified atom stereocenters. The third kappa shape index (κ3) is 5.52. The minimum absolute atomic E-state index is 0.183. The molecule has 8 heteroatoms. The van der Waals surface area contributed by atoms with Crippen molar-refractivity contribution in [3.63, 3.8) is 0 Å². The van der Waals surface area contributed by atoms with E-state index in [1.54, 1.807) is 52.8 Å². The van der Waals surface area contributed by atoms with Crippen LogP contribution in [-0.2, 0) is 25.4 Å². The minimum atomic E-state index is -2.14. The maximum atomic E-state index is 12.8. The van der Waals surface area contributed by atoms with Gasteiger partial charge in [0.1, 0.15) is 16.2 Å². The molecule has 1 amide bonds. The fourth-order valence-electron chi connectivity index (χ4n) is 1.48. The van der Waals surface area contributed by atoms with Gasteiger partial charge >= 0.3 is 12.1 Å². The highest BCUT2D eigenvalue weighted by Crippen LogP contribution is 2.25. The molecule has 0 saturated carbocycles. The van der Waals surface area contributed by atoms with Crippen LogP contribution < -0.4 is 4.74 Å². The molecular weight excluding hydrogens is 334 g/mol. The Morgan fingerprint density at radius 1 is 1.17 bits per heavy atom. The monoisotopic (exact) mass is 357 g/mol. The average molecular weight is 357 g/mol. The zero-order valence-corrected chi connectivity index (χ0v) is 15.5. The van der Waals surface area contributed by atoms with Gasteiger partial charge in [0.05, 0.1) is 13.0 Å². The van der Waals surface area contributed by atoms with E-state index in [4.69, 9.17) is 14.3 Å². The summed E-state index contributed by atoms with van der Waals surface area (Å²) in [4.78, 5) is 29.4. The Labute approximate surface area is 144 Å². The first-order chi connectivity index (χ1) is 11.1. The number of amides is 1. The quantitative estimate of drug-likeness (QED) is 0.770. The van der Waals surface area contributed by atoms with Crippen LogP contribution in [0.3, 0.4) is 0 Å². The Hall–Kier alpha value is -2.09. The highest BCUT2D eigenvalue weighted by molar-refractivity contribution is 7.83. The van der Waals surface area contributed by atoms with Crippen molar-refractivity contribution >= 4 is 23.0 Å². The maximum Gasteiger partial charge on any atom is 0.457 e. The first-order valence-corrected chi connectivity index (χ1v) is 8.47. The molecule has 1 rings (SSSR count). The summed E-state index contributed by atoms with van der Waals surface area (Å²) in [6.45, 7) is 8.15. The molecule has 0 saturated heterocycles. The lowest BCUT2D eigenvalue weighted by atomic mass is 10.2. The number of benzene rings is 1. The summed E-state index contributed by atoms with van der Waals surface area (Å²) < 4.78 is 23.5. The van der Waals surface area contributed by atoms with Gasteiger partial charge in [-0.3, -0.25) is 0 Å². The Morgan fingerprint density at radius 3 is 2.25 bits per heavy atom. The number of hydrogen-bond acceptors (Lipinski definition) is 6. The number of nitrogens with zero attached hydrogens (tertiary/aromatic N) is 1. The van der Waals surface area contributed by atoms with E-state index in [9.17, 15) is 13.8 Å². The predicted molar refractivity (Wildman–Crippen MR) is 88.4 cm³/mol. The standard InChI is InChI=1S/C16H23NO6S/c1-11(2)14(18)23-17(15(19)22-16(3,4)5)24(20)13-10-8-7-9-12(13)21-6/h7-11H,1-6H3. The second-order valence-corrected chi connectivity index (χ2v) is 7.47. The van der Waals surface area contributed by atoms with E-state index in [2.05, 4.69) is 0 Å². The van der Waals surface area contributed by atoms with Gasteiger partial charge in [-0.1, -0.05) is 26.0 Å². The largest absolute Gasteiger partial charge is 0.495 e. The molecule has 0 N–H and O–H groups in total. The Bertz CT molecular complexity index is 623. The van der Waals surface area contributed by atoms with Crippen LogP contribution in [0.15, 0.2) is 29.2 Å². The van der Waals surface area contributed by atoms with Crippen LogP contribution in [0.1, 0.15) is 34.6 Å². The molecule has 0 aromatic heterocycles. The number of rotatable bonds is 4. The minimum Gasteiger partial charge on any atom is -0.495 e. The van der Waals surface area contributed by atoms with E-state index in [0.717, 1.165) is 0 Å². The summed E-state index contributed by atoms with van der Waals surface area (Å²) in [7, 11) is -0.733. The molecule has 1 aromatic rings. The molecular formula is C16H23NO6S. The van der Waals surface area contributed by atoms with E-state index < -0.39 is 34.6 Å².